The maximum atomic E-state index is 11.7. The lowest BCUT2D eigenvalue weighted by Crippen LogP contribution is -2.48. The highest BCUT2D eigenvalue weighted by Crippen LogP contribution is 2.42. The Morgan fingerprint density at radius 2 is 2.32 bits per heavy atom. The summed E-state index contributed by atoms with van der Waals surface area (Å²) in [7, 11) is 1.94. The summed E-state index contributed by atoms with van der Waals surface area (Å²) in [6.07, 6.45) is 0. The molecule has 0 aliphatic carbocycles. The van der Waals surface area contributed by atoms with Gasteiger partial charge in [-0.05, 0) is 30.7 Å². The average molecular weight is 262 g/mol. The van der Waals surface area contributed by atoms with Crippen LogP contribution in [0.15, 0.2) is 18.2 Å². The number of fused-ring (bicyclic) bond motifs is 3. The van der Waals surface area contributed by atoms with Crippen molar-refractivity contribution in [1.29, 1.82) is 0 Å². The van der Waals surface area contributed by atoms with Crippen LogP contribution in [0, 0.1) is 17.0 Å². The molecule has 1 saturated heterocycles. The Bertz CT molecular complexity index is 531. The number of nitro groups is 1. The SMILES string of the molecule is Cc1cccc2c1[C@@H]1CN(C)C[C@]1([N+](=O)[O-])COC2. The van der Waals surface area contributed by atoms with Crippen molar-refractivity contribution in [2.45, 2.75) is 25.0 Å². The Hall–Kier alpha value is -1.46. The molecule has 5 nitrogen and oxygen atoms in total. The van der Waals surface area contributed by atoms with E-state index in [-0.39, 0.29) is 17.4 Å². The zero-order chi connectivity index (χ0) is 13.6. The third-order valence-electron chi connectivity index (χ3n) is 4.42. The van der Waals surface area contributed by atoms with Crippen LogP contribution in [0.4, 0.5) is 0 Å². The summed E-state index contributed by atoms with van der Waals surface area (Å²) >= 11 is 0. The molecule has 19 heavy (non-hydrogen) atoms. The van der Waals surface area contributed by atoms with Crippen LogP contribution in [0.25, 0.3) is 0 Å². The molecule has 3 rings (SSSR count). The standard InChI is InChI=1S/C14H18N2O3/c1-10-4-3-5-11-7-19-9-14(16(17)18)8-15(2)6-12(14)13(10)11/h3-5,12H,6-9H2,1-2H3/t12-,14-/m0/s1. The fraction of sp³-hybridized carbons (Fsp3) is 0.571. The molecule has 0 aromatic heterocycles. The van der Waals surface area contributed by atoms with E-state index in [2.05, 4.69) is 0 Å². The number of likely N-dealkylation sites (N-methyl/N-ethyl adjacent to an activating group) is 1. The third-order valence-corrected chi connectivity index (χ3v) is 4.42. The van der Waals surface area contributed by atoms with Gasteiger partial charge in [-0.15, -0.1) is 0 Å². The molecule has 1 fully saturated rings. The Balaban J connectivity index is 2.18. The molecule has 0 spiro atoms. The summed E-state index contributed by atoms with van der Waals surface area (Å²) in [6.45, 7) is 3.89. The zero-order valence-electron chi connectivity index (χ0n) is 11.3. The highest BCUT2D eigenvalue weighted by molar-refractivity contribution is 5.41. The lowest BCUT2D eigenvalue weighted by atomic mass is 9.80. The maximum Gasteiger partial charge on any atom is 0.265 e. The van der Waals surface area contributed by atoms with Crippen LogP contribution in [0.2, 0.25) is 0 Å². The molecule has 2 atom stereocenters. The maximum absolute atomic E-state index is 11.7. The van der Waals surface area contributed by atoms with E-state index >= 15 is 0 Å². The number of rotatable bonds is 1. The third kappa shape index (κ3) is 1.76. The van der Waals surface area contributed by atoms with Crippen molar-refractivity contribution < 1.29 is 9.66 Å². The highest BCUT2D eigenvalue weighted by atomic mass is 16.6. The van der Waals surface area contributed by atoms with Crippen molar-refractivity contribution >= 4 is 0 Å². The van der Waals surface area contributed by atoms with Crippen molar-refractivity contribution in [3.63, 3.8) is 0 Å². The molecular formula is C14H18N2O3. The van der Waals surface area contributed by atoms with E-state index in [0.29, 0.717) is 13.2 Å². The van der Waals surface area contributed by atoms with Crippen molar-refractivity contribution in [1.82, 2.24) is 4.90 Å². The van der Waals surface area contributed by atoms with Gasteiger partial charge in [-0.2, -0.15) is 0 Å². The number of likely N-dealkylation sites (tertiary alicyclic amines) is 1. The minimum absolute atomic E-state index is 0.0776. The molecule has 0 N–H and O–H groups in total. The smallest absolute Gasteiger partial charge is 0.265 e. The lowest BCUT2D eigenvalue weighted by Gasteiger charge is -2.25. The second-order valence-corrected chi connectivity index (χ2v) is 5.75. The van der Waals surface area contributed by atoms with E-state index in [0.717, 1.165) is 23.2 Å². The van der Waals surface area contributed by atoms with E-state index in [1.54, 1.807) is 0 Å². The first kappa shape index (κ1) is 12.6. The van der Waals surface area contributed by atoms with Gasteiger partial charge in [0.05, 0.1) is 19.1 Å². The minimum Gasteiger partial charge on any atom is -0.369 e. The fourth-order valence-electron chi connectivity index (χ4n) is 3.57. The molecule has 1 aromatic rings. The van der Waals surface area contributed by atoms with Crippen LogP contribution in [0.3, 0.4) is 0 Å². The summed E-state index contributed by atoms with van der Waals surface area (Å²) < 4.78 is 5.63. The van der Waals surface area contributed by atoms with Gasteiger partial charge < -0.3 is 4.74 Å². The first-order valence-electron chi connectivity index (χ1n) is 6.54. The number of benzene rings is 1. The van der Waals surface area contributed by atoms with Crippen LogP contribution in [0.1, 0.15) is 22.6 Å². The summed E-state index contributed by atoms with van der Waals surface area (Å²) in [5.74, 6) is -0.0776. The van der Waals surface area contributed by atoms with Gasteiger partial charge >= 0.3 is 0 Å². The molecule has 2 aliphatic heterocycles. The molecule has 0 saturated carbocycles. The number of aryl methyl sites for hydroxylation is 1. The van der Waals surface area contributed by atoms with Crippen LogP contribution in [0.5, 0.6) is 0 Å². The predicted molar refractivity (Wildman–Crippen MR) is 70.8 cm³/mol. The van der Waals surface area contributed by atoms with Crippen molar-refractivity contribution in [3.8, 4) is 0 Å². The molecular weight excluding hydrogens is 244 g/mol. The first-order valence-corrected chi connectivity index (χ1v) is 6.54. The summed E-state index contributed by atoms with van der Waals surface area (Å²) in [6, 6.07) is 6.05. The number of hydrogen-bond donors (Lipinski definition) is 0. The minimum atomic E-state index is -0.994. The van der Waals surface area contributed by atoms with E-state index in [1.807, 2.05) is 37.1 Å². The van der Waals surface area contributed by atoms with Gasteiger partial charge in [-0.1, -0.05) is 18.2 Å². The number of ether oxygens (including phenoxy) is 1. The van der Waals surface area contributed by atoms with Gasteiger partial charge in [0.25, 0.3) is 5.54 Å². The van der Waals surface area contributed by atoms with Crippen LogP contribution >= 0.6 is 0 Å². The molecule has 0 bridgehead atoms. The van der Waals surface area contributed by atoms with Gasteiger partial charge in [-0.25, -0.2) is 0 Å². The van der Waals surface area contributed by atoms with Crippen molar-refractivity contribution in [2.24, 2.45) is 0 Å². The van der Waals surface area contributed by atoms with Gasteiger partial charge in [0.2, 0.25) is 0 Å². The zero-order valence-corrected chi connectivity index (χ0v) is 11.3. The Labute approximate surface area is 112 Å². The Kier molecular flexibility index (Phi) is 2.83. The summed E-state index contributed by atoms with van der Waals surface area (Å²) in [5, 5.41) is 11.7. The molecule has 2 aliphatic rings. The van der Waals surface area contributed by atoms with E-state index in [4.69, 9.17) is 4.74 Å². The monoisotopic (exact) mass is 262 g/mol. The van der Waals surface area contributed by atoms with Crippen LogP contribution < -0.4 is 0 Å². The van der Waals surface area contributed by atoms with E-state index < -0.39 is 5.54 Å². The molecule has 5 heteroatoms. The van der Waals surface area contributed by atoms with Gasteiger partial charge in [-0.3, -0.25) is 15.0 Å². The molecule has 0 amide bonds. The van der Waals surface area contributed by atoms with Gasteiger partial charge in [0.15, 0.2) is 0 Å². The topological polar surface area (TPSA) is 55.6 Å². The lowest BCUT2D eigenvalue weighted by molar-refractivity contribution is -0.573. The molecule has 1 aromatic carbocycles. The van der Waals surface area contributed by atoms with Gasteiger partial charge in [0, 0.05) is 11.5 Å². The van der Waals surface area contributed by atoms with E-state index in [9.17, 15) is 10.1 Å². The summed E-state index contributed by atoms with van der Waals surface area (Å²) in [4.78, 5) is 13.6. The molecule has 102 valence electrons. The quantitative estimate of drug-likeness (QED) is 0.569. The second kappa shape index (κ2) is 4.28. The van der Waals surface area contributed by atoms with Crippen molar-refractivity contribution in [3.05, 3.63) is 45.0 Å². The van der Waals surface area contributed by atoms with Crippen LogP contribution in [-0.4, -0.2) is 42.1 Å². The van der Waals surface area contributed by atoms with Crippen LogP contribution in [-0.2, 0) is 11.3 Å². The highest BCUT2D eigenvalue weighted by Gasteiger charge is 2.58. The van der Waals surface area contributed by atoms with Crippen molar-refractivity contribution in [2.75, 3.05) is 26.7 Å². The fourth-order valence-corrected chi connectivity index (χ4v) is 3.57. The average Bonchev–Trinajstić information content (AvgIpc) is 2.59. The number of nitrogens with zero attached hydrogens (tertiary/aromatic N) is 2. The molecule has 2 heterocycles. The second-order valence-electron chi connectivity index (χ2n) is 5.75. The first-order chi connectivity index (χ1) is 9.04. The Morgan fingerprint density at radius 3 is 3.05 bits per heavy atom. The predicted octanol–water partition coefficient (Wildman–Crippen LogP) is 1.57. The van der Waals surface area contributed by atoms with Gasteiger partial charge in [0.1, 0.15) is 6.61 Å². The number of hydrogen-bond acceptors (Lipinski definition) is 4. The van der Waals surface area contributed by atoms with E-state index in [1.165, 1.54) is 0 Å². The molecule has 0 radical (unpaired) electrons. The normalized spacial score (nSPS) is 30.5. The largest absolute Gasteiger partial charge is 0.369 e. The molecule has 0 unspecified atom stereocenters. The Morgan fingerprint density at radius 1 is 1.53 bits per heavy atom. The summed E-state index contributed by atoms with van der Waals surface area (Å²) in [5.41, 5.74) is 2.37.